The van der Waals surface area contributed by atoms with E-state index in [1.165, 1.54) is 4.70 Å². The van der Waals surface area contributed by atoms with Crippen LogP contribution >= 0.6 is 35.3 Å². The fraction of sp³-hybridized carbons (Fsp3) is 0.286. The third-order valence-electron chi connectivity index (χ3n) is 4.83. The van der Waals surface area contributed by atoms with Crippen molar-refractivity contribution >= 4 is 68.2 Å². The van der Waals surface area contributed by atoms with Crippen LogP contribution in [-0.4, -0.2) is 43.5 Å². The summed E-state index contributed by atoms with van der Waals surface area (Å²) in [6.45, 7) is 2.09. The van der Waals surface area contributed by atoms with Gasteiger partial charge in [-0.3, -0.25) is 9.79 Å². The quantitative estimate of drug-likeness (QED) is 0.167. The number of aromatic nitrogens is 1. The largest absolute Gasteiger partial charge is 0.360 e. The highest BCUT2D eigenvalue weighted by Crippen LogP contribution is 2.31. The SMILES string of the molecule is CN=C(NCCNc1nc2ccccc2s1)NCC1CC(=O)Nc2ccccc21.I. The Morgan fingerprint density at radius 2 is 1.97 bits per heavy atom. The Morgan fingerprint density at radius 3 is 2.80 bits per heavy atom. The summed E-state index contributed by atoms with van der Waals surface area (Å²) >= 11 is 1.65. The van der Waals surface area contributed by atoms with Crippen LogP contribution in [-0.2, 0) is 4.79 Å². The third kappa shape index (κ3) is 5.39. The zero-order valence-electron chi connectivity index (χ0n) is 16.6. The maximum Gasteiger partial charge on any atom is 0.225 e. The molecule has 0 saturated carbocycles. The summed E-state index contributed by atoms with van der Waals surface area (Å²) in [6, 6.07) is 16.1. The number of para-hydroxylation sites is 2. The predicted octanol–water partition coefficient (Wildman–Crippen LogP) is 3.62. The Morgan fingerprint density at radius 1 is 1.17 bits per heavy atom. The van der Waals surface area contributed by atoms with Crippen LogP contribution < -0.4 is 21.3 Å². The van der Waals surface area contributed by atoms with Crippen LogP contribution in [0.2, 0.25) is 0 Å². The van der Waals surface area contributed by atoms with E-state index in [1.54, 1.807) is 18.4 Å². The zero-order chi connectivity index (χ0) is 20.1. The highest BCUT2D eigenvalue weighted by molar-refractivity contribution is 14.0. The van der Waals surface area contributed by atoms with E-state index in [1.807, 2.05) is 36.4 Å². The number of halogens is 1. The van der Waals surface area contributed by atoms with Crippen molar-refractivity contribution in [2.45, 2.75) is 12.3 Å². The van der Waals surface area contributed by atoms with Crippen LogP contribution in [0.1, 0.15) is 17.9 Å². The molecule has 0 fully saturated rings. The summed E-state index contributed by atoms with van der Waals surface area (Å²) in [4.78, 5) is 20.8. The second kappa shape index (κ2) is 10.6. The van der Waals surface area contributed by atoms with Gasteiger partial charge in [0.25, 0.3) is 0 Å². The molecule has 30 heavy (non-hydrogen) atoms. The van der Waals surface area contributed by atoms with Crippen molar-refractivity contribution in [3.05, 3.63) is 54.1 Å². The lowest BCUT2D eigenvalue weighted by atomic mass is 9.90. The first-order valence-electron chi connectivity index (χ1n) is 9.65. The molecule has 0 aliphatic carbocycles. The fourth-order valence-electron chi connectivity index (χ4n) is 3.42. The molecule has 1 aliphatic rings. The van der Waals surface area contributed by atoms with Crippen molar-refractivity contribution in [2.24, 2.45) is 4.99 Å². The number of carbonyl (C=O) groups excluding carboxylic acids is 1. The van der Waals surface area contributed by atoms with Crippen molar-refractivity contribution < 1.29 is 4.79 Å². The minimum atomic E-state index is 0. The Balaban J connectivity index is 0.00000256. The number of benzene rings is 2. The van der Waals surface area contributed by atoms with Crippen molar-refractivity contribution in [1.29, 1.82) is 0 Å². The standard InChI is InChI=1S/C21H24N6OS.HI/c1-22-20(23-10-11-24-21-27-17-8-4-5-9-18(17)29-21)25-13-14-12-19(28)26-16-7-3-2-6-15(14)16;/h2-9,14H,10-13H2,1H3,(H,24,27)(H,26,28)(H2,22,23,25);1H. The zero-order valence-corrected chi connectivity index (χ0v) is 19.8. The molecule has 4 N–H and O–H groups in total. The first-order chi connectivity index (χ1) is 14.2. The van der Waals surface area contributed by atoms with Crippen LogP contribution in [0.3, 0.4) is 0 Å². The minimum Gasteiger partial charge on any atom is -0.360 e. The number of carbonyl (C=O) groups is 1. The topological polar surface area (TPSA) is 90.4 Å². The normalized spacial score (nSPS) is 15.7. The first kappa shape index (κ1) is 22.3. The Bertz CT molecular complexity index is 1000. The van der Waals surface area contributed by atoms with Crippen LogP contribution in [0.15, 0.2) is 53.5 Å². The van der Waals surface area contributed by atoms with E-state index in [0.29, 0.717) is 19.5 Å². The Hall–Kier alpha value is -2.40. The lowest BCUT2D eigenvalue weighted by Crippen LogP contribution is -2.42. The van der Waals surface area contributed by atoms with Crippen molar-refractivity contribution in [2.75, 3.05) is 37.3 Å². The van der Waals surface area contributed by atoms with Gasteiger partial charge in [0, 0.05) is 44.7 Å². The number of thiazole rings is 1. The molecule has 0 radical (unpaired) electrons. The summed E-state index contributed by atoms with van der Waals surface area (Å²) in [7, 11) is 1.75. The molecule has 1 unspecified atom stereocenters. The van der Waals surface area contributed by atoms with E-state index in [2.05, 4.69) is 43.4 Å². The second-order valence-electron chi connectivity index (χ2n) is 6.83. The molecule has 1 aromatic heterocycles. The Labute approximate surface area is 196 Å². The molecule has 4 rings (SSSR count). The molecule has 0 bridgehead atoms. The molecule has 1 aliphatic heterocycles. The summed E-state index contributed by atoms with van der Waals surface area (Å²) < 4.78 is 1.18. The molecule has 1 amide bonds. The number of rotatable bonds is 6. The van der Waals surface area contributed by atoms with Gasteiger partial charge in [0.2, 0.25) is 5.91 Å². The molecular formula is C21H25IN6OS. The smallest absolute Gasteiger partial charge is 0.225 e. The van der Waals surface area contributed by atoms with Gasteiger partial charge in [0.15, 0.2) is 11.1 Å². The van der Waals surface area contributed by atoms with Crippen molar-refractivity contribution in [3.8, 4) is 0 Å². The van der Waals surface area contributed by atoms with Crippen molar-refractivity contribution in [1.82, 2.24) is 15.6 Å². The number of amides is 1. The molecule has 3 aromatic rings. The third-order valence-corrected chi connectivity index (χ3v) is 5.83. The van der Waals surface area contributed by atoms with E-state index in [9.17, 15) is 4.79 Å². The number of nitrogens with one attached hydrogen (secondary N) is 4. The van der Waals surface area contributed by atoms with Crippen LogP contribution in [0, 0.1) is 0 Å². The van der Waals surface area contributed by atoms with E-state index in [4.69, 9.17) is 0 Å². The highest BCUT2D eigenvalue weighted by Gasteiger charge is 2.24. The average Bonchev–Trinajstić information content (AvgIpc) is 3.16. The fourth-order valence-corrected chi connectivity index (χ4v) is 4.31. The molecular weight excluding hydrogens is 511 g/mol. The van der Waals surface area contributed by atoms with Gasteiger partial charge in [0.1, 0.15) is 0 Å². The van der Waals surface area contributed by atoms with Crippen LogP contribution in [0.25, 0.3) is 10.2 Å². The maximum atomic E-state index is 12.0. The molecule has 2 aromatic carbocycles. The molecule has 9 heteroatoms. The van der Waals surface area contributed by atoms with Gasteiger partial charge in [-0.15, -0.1) is 24.0 Å². The number of guanidine groups is 1. The van der Waals surface area contributed by atoms with Gasteiger partial charge >= 0.3 is 0 Å². The first-order valence-corrected chi connectivity index (χ1v) is 10.5. The van der Waals surface area contributed by atoms with E-state index in [-0.39, 0.29) is 35.8 Å². The summed E-state index contributed by atoms with van der Waals surface area (Å²) in [5.41, 5.74) is 3.08. The van der Waals surface area contributed by atoms with Gasteiger partial charge in [-0.1, -0.05) is 41.7 Å². The van der Waals surface area contributed by atoms with Gasteiger partial charge in [-0.25, -0.2) is 4.98 Å². The number of hydrogen-bond donors (Lipinski definition) is 4. The minimum absolute atomic E-state index is 0. The number of fused-ring (bicyclic) bond motifs is 2. The van der Waals surface area contributed by atoms with Crippen molar-refractivity contribution in [3.63, 3.8) is 0 Å². The summed E-state index contributed by atoms with van der Waals surface area (Å²) in [5.74, 6) is 0.900. The van der Waals surface area contributed by atoms with E-state index in [0.717, 1.165) is 34.4 Å². The van der Waals surface area contributed by atoms with Gasteiger partial charge < -0.3 is 21.3 Å². The molecule has 0 spiro atoms. The maximum absolute atomic E-state index is 12.0. The number of aliphatic imine (C=N–C) groups is 1. The molecule has 7 nitrogen and oxygen atoms in total. The Kier molecular flexibility index (Phi) is 7.86. The molecule has 158 valence electrons. The lowest BCUT2D eigenvalue weighted by molar-refractivity contribution is -0.116. The van der Waals surface area contributed by atoms with Crippen LogP contribution in [0.4, 0.5) is 10.8 Å². The lowest BCUT2D eigenvalue weighted by Gasteiger charge is -2.26. The molecule has 2 heterocycles. The molecule has 1 atom stereocenters. The van der Waals surface area contributed by atoms with Crippen LogP contribution in [0.5, 0.6) is 0 Å². The van der Waals surface area contributed by atoms with Gasteiger partial charge in [-0.05, 0) is 23.8 Å². The average molecular weight is 536 g/mol. The van der Waals surface area contributed by atoms with E-state index >= 15 is 0 Å². The monoisotopic (exact) mass is 536 g/mol. The van der Waals surface area contributed by atoms with Gasteiger partial charge in [0.05, 0.1) is 10.2 Å². The number of nitrogens with zero attached hydrogens (tertiary/aromatic N) is 2. The van der Waals surface area contributed by atoms with E-state index < -0.39 is 0 Å². The number of hydrogen-bond acceptors (Lipinski definition) is 5. The predicted molar refractivity (Wildman–Crippen MR) is 135 cm³/mol. The van der Waals surface area contributed by atoms with Gasteiger partial charge in [-0.2, -0.15) is 0 Å². The molecule has 0 saturated heterocycles. The summed E-state index contributed by atoms with van der Waals surface area (Å²) in [6.07, 6.45) is 0.472. The number of anilines is 2. The highest BCUT2D eigenvalue weighted by atomic mass is 127. The second-order valence-corrected chi connectivity index (χ2v) is 7.86. The summed E-state index contributed by atoms with van der Waals surface area (Å²) in [5, 5.41) is 13.8.